The number of nitrogens with two attached hydrogens (primary N) is 1. The first-order chi connectivity index (χ1) is 8.49. The van der Waals surface area contributed by atoms with Crippen LogP contribution in [-0.2, 0) is 4.79 Å². The lowest BCUT2D eigenvalue weighted by molar-refractivity contribution is -0.138. The van der Waals surface area contributed by atoms with E-state index in [-0.39, 0.29) is 18.0 Å². The van der Waals surface area contributed by atoms with E-state index in [2.05, 4.69) is 18.8 Å². The molecule has 2 unspecified atom stereocenters. The van der Waals surface area contributed by atoms with E-state index < -0.39 is 0 Å². The van der Waals surface area contributed by atoms with Crippen LogP contribution in [0.4, 0.5) is 0 Å². The zero-order valence-electron chi connectivity index (χ0n) is 10.6. The van der Waals surface area contributed by atoms with Crippen molar-refractivity contribution in [3.63, 3.8) is 0 Å². The summed E-state index contributed by atoms with van der Waals surface area (Å²) < 4.78 is 0.639. The molecule has 0 saturated carbocycles. The Balaban J connectivity index is 2.28. The predicted octanol–water partition coefficient (Wildman–Crippen LogP) is 2.44. The normalized spacial score (nSPS) is 24.9. The molecule has 0 spiro atoms. The van der Waals surface area contributed by atoms with Gasteiger partial charge in [0.1, 0.15) is 9.34 Å². The molecule has 0 radical (unpaired) electrons. The first kappa shape index (κ1) is 13.8. The zero-order chi connectivity index (χ0) is 13.3. The Morgan fingerprint density at radius 2 is 2.39 bits per heavy atom. The Morgan fingerprint density at radius 3 is 2.94 bits per heavy atom. The van der Waals surface area contributed by atoms with Gasteiger partial charge in [0.15, 0.2) is 0 Å². The molecule has 1 aromatic heterocycles. The van der Waals surface area contributed by atoms with Crippen LogP contribution in [0, 0.1) is 5.92 Å². The van der Waals surface area contributed by atoms with Crippen molar-refractivity contribution in [1.29, 1.82) is 0 Å². The average molecular weight is 288 g/mol. The van der Waals surface area contributed by atoms with Gasteiger partial charge in [-0.2, -0.15) is 0 Å². The number of piperidine rings is 1. The lowest BCUT2D eigenvalue weighted by atomic mass is 9.95. The van der Waals surface area contributed by atoms with E-state index >= 15 is 0 Å². The molecule has 2 heterocycles. The van der Waals surface area contributed by atoms with Crippen molar-refractivity contribution in [2.24, 2.45) is 11.7 Å². The third kappa shape index (κ3) is 2.84. The minimum atomic E-state index is -0.119. The van der Waals surface area contributed by atoms with Gasteiger partial charge in [0.2, 0.25) is 5.91 Å². The van der Waals surface area contributed by atoms with Gasteiger partial charge < -0.3 is 10.6 Å². The first-order valence-corrected chi connectivity index (χ1v) is 7.34. The molecule has 2 rings (SSSR count). The molecule has 2 N–H and O–H groups in total. The fourth-order valence-corrected chi connectivity index (χ4v) is 3.43. The molecule has 1 saturated heterocycles. The maximum atomic E-state index is 12.1. The number of halogens is 1. The average Bonchev–Trinajstić information content (AvgIpc) is 2.70. The number of rotatable bonds is 3. The molecule has 18 heavy (non-hydrogen) atoms. The van der Waals surface area contributed by atoms with E-state index in [1.54, 1.807) is 6.20 Å². The number of carbonyl (C=O) groups excluding carboxylic acids is 1. The van der Waals surface area contributed by atoms with Crippen molar-refractivity contribution in [2.75, 3.05) is 6.54 Å². The molecular weight excluding hydrogens is 270 g/mol. The van der Waals surface area contributed by atoms with Crippen molar-refractivity contribution in [3.05, 3.63) is 15.5 Å². The lowest BCUT2D eigenvalue weighted by Crippen LogP contribution is -2.49. The van der Waals surface area contributed by atoms with Crippen molar-refractivity contribution < 1.29 is 4.79 Å². The molecule has 1 fully saturated rings. The highest BCUT2D eigenvalue weighted by molar-refractivity contribution is 7.15. The minimum Gasteiger partial charge on any atom is -0.331 e. The summed E-state index contributed by atoms with van der Waals surface area (Å²) in [6, 6.07) is -0.171. The Labute approximate surface area is 116 Å². The second kappa shape index (κ2) is 5.55. The highest BCUT2D eigenvalue weighted by Gasteiger charge is 2.36. The number of nitrogens with zero attached hydrogens (tertiary/aromatic N) is 2. The van der Waals surface area contributed by atoms with E-state index in [9.17, 15) is 4.79 Å². The Hall–Kier alpha value is -0.650. The minimum absolute atomic E-state index is 0.0522. The van der Waals surface area contributed by atoms with Gasteiger partial charge in [-0.1, -0.05) is 25.4 Å². The van der Waals surface area contributed by atoms with Crippen LogP contribution in [-0.4, -0.2) is 28.4 Å². The number of aromatic nitrogens is 1. The third-order valence-corrected chi connectivity index (χ3v) is 4.25. The van der Waals surface area contributed by atoms with Crippen LogP contribution < -0.4 is 5.73 Å². The molecule has 4 nitrogen and oxygen atoms in total. The fourth-order valence-electron chi connectivity index (χ4n) is 2.31. The van der Waals surface area contributed by atoms with Crippen LogP contribution in [0.3, 0.4) is 0 Å². The number of thiazole rings is 1. The van der Waals surface area contributed by atoms with Crippen LogP contribution in [0.1, 0.15) is 37.7 Å². The topological polar surface area (TPSA) is 59.2 Å². The fraction of sp³-hybridized carbons (Fsp3) is 0.667. The van der Waals surface area contributed by atoms with Crippen LogP contribution in [0.2, 0.25) is 4.34 Å². The summed E-state index contributed by atoms with van der Waals surface area (Å²) in [4.78, 5) is 18.2. The molecule has 1 aliphatic rings. The van der Waals surface area contributed by atoms with Crippen molar-refractivity contribution in [3.8, 4) is 0 Å². The molecule has 1 aliphatic heterocycles. The summed E-state index contributed by atoms with van der Waals surface area (Å²) in [5.74, 6) is 0.582. The summed E-state index contributed by atoms with van der Waals surface area (Å²) in [5, 5.41) is 0.848. The van der Waals surface area contributed by atoms with Gasteiger partial charge in [0.05, 0.1) is 12.2 Å². The summed E-state index contributed by atoms with van der Waals surface area (Å²) in [7, 11) is 0. The molecular formula is C12H18ClN3OS. The van der Waals surface area contributed by atoms with E-state index in [4.69, 9.17) is 17.3 Å². The Kier molecular flexibility index (Phi) is 4.25. The first-order valence-electron chi connectivity index (χ1n) is 6.15. The second-order valence-electron chi connectivity index (χ2n) is 5.09. The van der Waals surface area contributed by atoms with E-state index in [1.165, 1.54) is 11.3 Å². The summed E-state index contributed by atoms with van der Waals surface area (Å²) >= 11 is 7.34. The number of likely N-dealkylation sites (tertiary alicyclic amines) is 1. The number of hydrogen-bond donors (Lipinski definition) is 1. The van der Waals surface area contributed by atoms with Gasteiger partial charge in [-0.05, 0) is 12.3 Å². The highest BCUT2D eigenvalue weighted by Crippen LogP contribution is 2.35. The lowest BCUT2D eigenvalue weighted by Gasteiger charge is -2.39. The van der Waals surface area contributed by atoms with Crippen molar-refractivity contribution in [1.82, 2.24) is 9.88 Å². The standard InChI is InChI=1S/C12H18ClN3OS/c1-7(2)6-16-10(17)4-3-8(14)11(16)12-15-5-9(13)18-12/h5,7-8,11H,3-4,6,14H2,1-2H3. The van der Waals surface area contributed by atoms with Crippen molar-refractivity contribution in [2.45, 2.75) is 38.8 Å². The molecule has 100 valence electrons. The molecule has 2 atom stereocenters. The largest absolute Gasteiger partial charge is 0.331 e. The summed E-state index contributed by atoms with van der Waals surface area (Å²) in [6.45, 7) is 4.91. The molecule has 0 aromatic carbocycles. The maximum Gasteiger partial charge on any atom is 0.223 e. The Morgan fingerprint density at radius 1 is 1.67 bits per heavy atom. The van der Waals surface area contributed by atoms with Gasteiger partial charge in [-0.3, -0.25) is 4.79 Å². The van der Waals surface area contributed by atoms with E-state index in [0.29, 0.717) is 23.2 Å². The third-order valence-electron chi connectivity index (χ3n) is 3.06. The predicted molar refractivity (Wildman–Crippen MR) is 73.6 cm³/mol. The Bertz CT molecular complexity index is 435. The molecule has 0 aliphatic carbocycles. The summed E-state index contributed by atoms with van der Waals surface area (Å²) in [5.41, 5.74) is 6.18. The second-order valence-corrected chi connectivity index (χ2v) is 6.78. The molecule has 0 bridgehead atoms. The van der Waals surface area contributed by atoms with Gasteiger partial charge in [0, 0.05) is 19.0 Å². The smallest absolute Gasteiger partial charge is 0.223 e. The SMILES string of the molecule is CC(C)CN1C(=O)CCC(N)C1c1ncc(Cl)s1. The maximum absolute atomic E-state index is 12.1. The van der Waals surface area contributed by atoms with Crippen LogP contribution in [0.5, 0.6) is 0 Å². The van der Waals surface area contributed by atoms with Gasteiger partial charge >= 0.3 is 0 Å². The zero-order valence-corrected chi connectivity index (χ0v) is 12.2. The molecule has 1 amide bonds. The number of carbonyl (C=O) groups is 1. The van der Waals surface area contributed by atoms with Gasteiger partial charge in [-0.15, -0.1) is 11.3 Å². The summed E-state index contributed by atoms with van der Waals surface area (Å²) in [6.07, 6.45) is 2.87. The van der Waals surface area contributed by atoms with E-state index in [0.717, 1.165) is 11.4 Å². The molecule has 6 heteroatoms. The quantitative estimate of drug-likeness (QED) is 0.929. The number of hydrogen-bond acceptors (Lipinski definition) is 4. The van der Waals surface area contributed by atoms with Crippen LogP contribution in [0.15, 0.2) is 6.20 Å². The highest BCUT2D eigenvalue weighted by atomic mass is 35.5. The van der Waals surface area contributed by atoms with Gasteiger partial charge in [-0.25, -0.2) is 4.98 Å². The monoisotopic (exact) mass is 287 g/mol. The van der Waals surface area contributed by atoms with Crippen LogP contribution >= 0.6 is 22.9 Å². The van der Waals surface area contributed by atoms with Gasteiger partial charge in [0.25, 0.3) is 0 Å². The molecule has 1 aromatic rings. The van der Waals surface area contributed by atoms with Crippen molar-refractivity contribution >= 4 is 28.8 Å². The number of amides is 1. The van der Waals surface area contributed by atoms with Crippen LogP contribution in [0.25, 0.3) is 0 Å². The van der Waals surface area contributed by atoms with E-state index in [1.807, 2.05) is 4.90 Å².